The van der Waals surface area contributed by atoms with Gasteiger partial charge in [0.15, 0.2) is 11.5 Å². The molecule has 3 fully saturated rings. The van der Waals surface area contributed by atoms with Crippen molar-refractivity contribution >= 4 is 6.09 Å². The molecule has 1 heterocycles. The molecule has 1 aromatic carbocycles. The smallest absolute Gasteiger partial charge is 0.409 e. The van der Waals surface area contributed by atoms with Crippen molar-refractivity contribution in [3.05, 3.63) is 23.8 Å². The van der Waals surface area contributed by atoms with E-state index in [4.69, 9.17) is 14.2 Å². The Balaban J connectivity index is 1.65. The van der Waals surface area contributed by atoms with Gasteiger partial charge in [0.05, 0.1) is 26.4 Å². The molecular weight excluding hydrogens is 370 g/mol. The maximum absolute atomic E-state index is 12.3. The normalized spacial score (nSPS) is 28.4. The summed E-state index contributed by atoms with van der Waals surface area (Å²) in [6, 6.07) is 6.05. The van der Waals surface area contributed by atoms with Gasteiger partial charge < -0.3 is 24.2 Å². The van der Waals surface area contributed by atoms with E-state index in [0.717, 1.165) is 42.7 Å². The molecule has 1 amide bonds. The molecule has 2 aliphatic carbocycles. The van der Waals surface area contributed by atoms with Crippen LogP contribution >= 0.6 is 0 Å². The van der Waals surface area contributed by atoms with Gasteiger partial charge in [0.2, 0.25) is 0 Å². The van der Waals surface area contributed by atoms with Crippen molar-refractivity contribution in [1.29, 1.82) is 0 Å². The first kappa shape index (κ1) is 20.3. The standard InChI is InChI=1S/C23H33NO5/c1-23(21(25)15-8-9-15)14-24(22(26)28-3)13-18(23)16-10-11-19(27-2)20(12-16)29-17-6-4-5-7-17/h10-12,15,17-18,21,25H,4-9,13-14H2,1-3H3/t18-,21+,23+/m0/s1. The Bertz CT molecular complexity index is 743. The Morgan fingerprint density at radius 2 is 1.90 bits per heavy atom. The summed E-state index contributed by atoms with van der Waals surface area (Å²) in [5.41, 5.74) is 0.654. The summed E-state index contributed by atoms with van der Waals surface area (Å²) >= 11 is 0. The summed E-state index contributed by atoms with van der Waals surface area (Å²) < 4.78 is 16.8. The minimum absolute atomic E-state index is 0.00836. The number of likely N-dealkylation sites (tertiary alicyclic amines) is 1. The van der Waals surface area contributed by atoms with Crippen LogP contribution in [0.3, 0.4) is 0 Å². The molecule has 0 bridgehead atoms. The highest BCUT2D eigenvalue weighted by atomic mass is 16.5. The van der Waals surface area contributed by atoms with Gasteiger partial charge in [-0.25, -0.2) is 4.79 Å². The number of aliphatic hydroxyl groups excluding tert-OH is 1. The van der Waals surface area contributed by atoms with Crippen molar-refractivity contribution in [3.8, 4) is 11.5 Å². The SMILES string of the molecule is COC(=O)N1C[C@@H](c2ccc(OC)c(OC3CCCC3)c2)[C@](C)([C@H](O)C2CC2)C1. The monoisotopic (exact) mass is 403 g/mol. The number of carbonyl (C=O) groups excluding carboxylic acids is 1. The first-order valence-electron chi connectivity index (χ1n) is 10.8. The molecule has 3 atom stereocenters. The average Bonchev–Trinajstić information content (AvgIpc) is 3.34. The number of ether oxygens (including phenoxy) is 3. The van der Waals surface area contributed by atoms with E-state index >= 15 is 0 Å². The topological polar surface area (TPSA) is 68.2 Å². The molecule has 0 spiro atoms. The lowest BCUT2D eigenvalue weighted by Crippen LogP contribution is -2.41. The summed E-state index contributed by atoms with van der Waals surface area (Å²) in [7, 11) is 3.07. The van der Waals surface area contributed by atoms with Crippen LogP contribution in [0.15, 0.2) is 18.2 Å². The summed E-state index contributed by atoms with van der Waals surface area (Å²) in [5.74, 6) is 1.83. The molecule has 6 nitrogen and oxygen atoms in total. The van der Waals surface area contributed by atoms with E-state index in [1.54, 1.807) is 12.0 Å². The van der Waals surface area contributed by atoms with Crippen LogP contribution in [0.4, 0.5) is 4.79 Å². The Labute approximate surface area is 173 Å². The maximum atomic E-state index is 12.3. The average molecular weight is 404 g/mol. The van der Waals surface area contributed by atoms with Gasteiger partial charge in [0.1, 0.15) is 0 Å². The molecule has 1 aliphatic heterocycles. The van der Waals surface area contributed by atoms with Crippen molar-refractivity contribution in [2.45, 2.75) is 63.6 Å². The van der Waals surface area contributed by atoms with Crippen molar-refractivity contribution in [1.82, 2.24) is 4.90 Å². The van der Waals surface area contributed by atoms with Gasteiger partial charge in [-0.1, -0.05) is 13.0 Å². The predicted molar refractivity (Wildman–Crippen MR) is 109 cm³/mol. The third kappa shape index (κ3) is 3.91. The molecule has 1 N–H and O–H groups in total. The summed E-state index contributed by atoms with van der Waals surface area (Å²) in [6.45, 7) is 3.13. The molecule has 0 radical (unpaired) electrons. The molecule has 29 heavy (non-hydrogen) atoms. The predicted octanol–water partition coefficient (Wildman–Crippen LogP) is 3.96. The quantitative estimate of drug-likeness (QED) is 0.779. The fourth-order valence-electron chi connectivity index (χ4n) is 5.21. The van der Waals surface area contributed by atoms with Crippen LogP contribution < -0.4 is 9.47 Å². The third-order valence-electron chi connectivity index (χ3n) is 7.09. The van der Waals surface area contributed by atoms with Gasteiger partial charge in [0, 0.05) is 24.4 Å². The Kier molecular flexibility index (Phi) is 5.65. The number of benzene rings is 1. The number of methoxy groups -OCH3 is 2. The number of hydrogen-bond donors (Lipinski definition) is 1. The zero-order valence-corrected chi connectivity index (χ0v) is 17.7. The summed E-state index contributed by atoms with van der Waals surface area (Å²) in [4.78, 5) is 14.0. The first-order chi connectivity index (χ1) is 14.0. The van der Waals surface area contributed by atoms with E-state index in [2.05, 4.69) is 13.0 Å². The molecule has 4 rings (SSSR count). The van der Waals surface area contributed by atoms with Crippen molar-refractivity contribution < 1.29 is 24.1 Å². The number of carbonyl (C=O) groups is 1. The number of aliphatic hydroxyl groups is 1. The van der Waals surface area contributed by atoms with Crippen LogP contribution in [0, 0.1) is 11.3 Å². The van der Waals surface area contributed by atoms with E-state index in [1.807, 2.05) is 12.1 Å². The van der Waals surface area contributed by atoms with Crippen LogP contribution in [-0.2, 0) is 4.74 Å². The largest absolute Gasteiger partial charge is 0.493 e. The highest BCUT2D eigenvalue weighted by Gasteiger charge is 2.54. The molecule has 6 heteroatoms. The van der Waals surface area contributed by atoms with E-state index in [0.29, 0.717) is 19.0 Å². The number of rotatable bonds is 6. The van der Waals surface area contributed by atoms with Crippen LogP contribution in [0.5, 0.6) is 11.5 Å². The molecule has 0 unspecified atom stereocenters. The van der Waals surface area contributed by atoms with Crippen molar-refractivity contribution in [2.24, 2.45) is 11.3 Å². The van der Waals surface area contributed by atoms with Gasteiger partial charge in [-0.2, -0.15) is 0 Å². The molecule has 1 aromatic rings. The minimum atomic E-state index is -0.441. The lowest BCUT2D eigenvalue weighted by molar-refractivity contribution is 0.0161. The Hall–Kier alpha value is -1.95. The first-order valence-corrected chi connectivity index (χ1v) is 10.8. The fraction of sp³-hybridized carbons (Fsp3) is 0.696. The van der Waals surface area contributed by atoms with Crippen LogP contribution in [0.25, 0.3) is 0 Å². The maximum Gasteiger partial charge on any atom is 0.409 e. The van der Waals surface area contributed by atoms with Crippen molar-refractivity contribution in [2.75, 3.05) is 27.3 Å². The molecule has 1 saturated heterocycles. The number of amides is 1. The minimum Gasteiger partial charge on any atom is -0.493 e. The van der Waals surface area contributed by atoms with E-state index in [9.17, 15) is 9.90 Å². The second-order valence-electron chi connectivity index (χ2n) is 9.13. The Morgan fingerprint density at radius 1 is 1.17 bits per heavy atom. The third-order valence-corrected chi connectivity index (χ3v) is 7.09. The lowest BCUT2D eigenvalue weighted by Gasteiger charge is -2.36. The fourth-order valence-corrected chi connectivity index (χ4v) is 5.21. The highest BCUT2D eigenvalue weighted by molar-refractivity contribution is 5.68. The Morgan fingerprint density at radius 3 is 2.52 bits per heavy atom. The second kappa shape index (κ2) is 8.05. The van der Waals surface area contributed by atoms with Gasteiger partial charge in [-0.05, 0) is 62.1 Å². The summed E-state index contributed by atoms with van der Waals surface area (Å²) in [5, 5.41) is 11.1. The van der Waals surface area contributed by atoms with Crippen LogP contribution in [0.1, 0.15) is 56.9 Å². The van der Waals surface area contributed by atoms with Gasteiger partial charge in [0.25, 0.3) is 0 Å². The molecule has 160 valence electrons. The molecule has 2 saturated carbocycles. The van der Waals surface area contributed by atoms with E-state index in [-0.39, 0.29) is 18.1 Å². The van der Waals surface area contributed by atoms with Gasteiger partial charge >= 0.3 is 6.09 Å². The van der Waals surface area contributed by atoms with Gasteiger partial charge in [-0.15, -0.1) is 0 Å². The van der Waals surface area contributed by atoms with E-state index < -0.39 is 11.5 Å². The highest BCUT2D eigenvalue weighted by Crippen LogP contribution is 2.52. The molecule has 3 aliphatic rings. The zero-order valence-electron chi connectivity index (χ0n) is 17.7. The van der Waals surface area contributed by atoms with Crippen LogP contribution in [-0.4, -0.2) is 55.6 Å². The molecular formula is C23H33NO5. The van der Waals surface area contributed by atoms with Crippen LogP contribution in [0.2, 0.25) is 0 Å². The zero-order chi connectivity index (χ0) is 20.6. The number of hydrogen-bond acceptors (Lipinski definition) is 5. The van der Waals surface area contributed by atoms with Crippen molar-refractivity contribution in [3.63, 3.8) is 0 Å². The van der Waals surface area contributed by atoms with Gasteiger partial charge in [-0.3, -0.25) is 0 Å². The van der Waals surface area contributed by atoms with E-state index in [1.165, 1.54) is 20.0 Å². The summed E-state index contributed by atoms with van der Waals surface area (Å²) in [6.07, 6.45) is 6.12. The number of nitrogens with zero attached hydrogens (tertiary/aromatic N) is 1. The lowest BCUT2D eigenvalue weighted by atomic mass is 9.70. The second-order valence-corrected chi connectivity index (χ2v) is 9.13. The molecule has 0 aromatic heterocycles.